The van der Waals surface area contributed by atoms with Crippen LogP contribution in [-0.2, 0) is 12.8 Å². The van der Waals surface area contributed by atoms with Crippen molar-refractivity contribution in [3.63, 3.8) is 0 Å². The summed E-state index contributed by atoms with van der Waals surface area (Å²) in [5.41, 5.74) is 8.80. The van der Waals surface area contributed by atoms with Gasteiger partial charge in [-0.1, -0.05) is 61.7 Å². The van der Waals surface area contributed by atoms with E-state index in [1.54, 1.807) is 0 Å². The number of nitrogens with zero attached hydrogens (tertiary/aromatic N) is 1. The number of allylic oxidation sites excluding steroid dienone is 1. The molecule has 2 aromatic rings. The van der Waals surface area contributed by atoms with Crippen LogP contribution in [0.25, 0.3) is 0 Å². The maximum absolute atomic E-state index is 6.01. The molecule has 29 heavy (non-hydrogen) atoms. The summed E-state index contributed by atoms with van der Waals surface area (Å²) in [6.07, 6.45) is 5.74. The van der Waals surface area contributed by atoms with Gasteiger partial charge in [-0.25, -0.2) is 0 Å². The lowest BCUT2D eigenvalue weighted by molar-refractivity contribution is 0.320. The van der Waals surface area contributed by atoms with Gasteiger partial charge in [0, 0.05) is 17.8 Å². The monoisotopic (exact) mass is 391 g/mol. The first-order valence-electron chi connectivity index (χ1n) is 11.0. The highest BCUT2D eigenvalue weighted by Gasteiger charge is 2.11. The van der Waals surface area contributed by atoms with Crippen molar-refractivity contribution in [3.05, 3.63) is 76.0 Å². The van der Waals surface area contributed by atoms with Gasteiger partial charge in [0.25, 0.3) is 0 Å². The predicted molar refractivity (Wildman–Crippen MR) is 126 cm³/mol. The largest absolute Gasteiger partial charge is 0.493 e. The molecule has 2 nitrogen and oxygen atoms in total. The highest BCUT2D eigenvalue weighted by atomic mass is 16.5. The molecule has 0 unspecified atom stereocenters. The van der Waals surface area contributed by atoms with E-state index in [1.165, 1.54) is 53.5 Å². The number of hydrogen-bond donors (Lipinski definition) is 0. The molecule has 0 aromatic heterocycles. The molecule has 0 bridgehead atoms. The summed E-state index contributed by atoms with van der Waals surface area (Å²) in [5.74, 6) is 0.984. The molecule has 0 radical (unpaired) electrons. The summed E-state index contributed by atoms with van der Waals surface area (Å²) in [5, 5.41) is 0. The fourth-order valence-electron chi connectivity index (χ4n) is 3.38. The maximum Gasteiger partial charge on any atom is 0.119 e. The Morgan fingerprint density at radius 1 is 0.931 bits per heavy atom. The van der Waals surface area contributed by atoms with Crippen LogP contribution in [0.3, 0.4) is 0 Å². The van der Waals surface area contributed by atoms with Gasteiger partial charge in [-0.3, -0.25) is 4.99 Å². The standard InChI is InChI=1S/C24H29NO.C3H8/c1-17(2)24(25-19(4)20-10-8-18(3)9-11-20)14-15-26-23-13-12-21-6-5-7-22(21)16-23;1-3-2/h8-13,16H,5-7,14-15H2,1-4H3;3H2,1-2H3. The Labute approximate surface area is 177 Å². The van der Waals surface area contributed by atoms with E-state index < -0.39 is 0 Å². The van der Waals surface area contributed by atoms with E-state index in [2.05, 4.69) is 84.0 Å². The van der Waals surface area contributed by atoms with E-state index in [0.717, 1.165) is 23.6 Å². The Kier molecular flexibility index (Phi) is 9.18. The number of fused-ring (bicyclic) bond motifs is 1. The Bertz CT molecular complexity index is 839. The Morgan fingerprint density at radius 2 is 1.59 bits per heavy atom. The van der Waals surface area contributed by atoms with E-state index in [1.807, 2.05) is 0 Å². The van der Waals surface area contributed by atoms with Crippen LogP contribution in [-0.4, -0.2) is 12.3 Å². The summed E-state index contributed by atoms with van der Waals surface area (Å²) < 4.78 is 6.01. The van der Waals surface area contributed by atoms with Crippen LogP contribution < -0.4 is 4.74 Å². The lowest BCUT2D eigenvalue weighted by Gasteiger charge is -2.11. The Balaban J connectivity index is 0.000000941. The molecular formula is C27H37NO. The highest BCUT2D eigenvalue weighted by Crippen LogP contribution is 2.26. The first kappa shape index (κ1) is 22.9. The van der Waals surface area contributed by atoms with Gasteiger partial charge in [0.05, 0.1) is 6.61 Å². The molecule has 0 spiro atoms. The number of hydrogen-bond acceptors (Lipinski definition) is 2. The zero-order valence-electron chi connectivity index (χ0n) is 19.1. The molecule has 0 heterocycles. The molecule has 0 fully saturated rings. The number of aryl methyl sites for hydroxylation is 3. The number of rotatable bonds is 6. The van der Waals surface area contributed by atoms with Gasteiger partial charge < -0.3 is 4.74 Å². The molecule has 0 saturated carbocycles. The second-order valence-corrected chi connectivity index (χ2v) is 8.10. The van der Waals surface area contributed by atoms with Crippen molar-refractivity contribution in [3.8, 4) is 5.75 Å². The van der Waals surface area contributed by atoms with Crippen molar-refractivity contribution in [2.45, 2.75) is 73.6 Å². The topological polar surface area (TPSA) is 21.6 Å². The minimum Gasteiger partial charge on any atom is -0.493 e. The van der Waals surface area contributed by atoms with E-state index in [4.69, 9.17) is 9.73 Å². The average molecular weight is 392 g/mol. The molecule has 3 rings (SSSR count). The van der Waals surface area contributed by atoms with Gasteiger partial charge in [0.2, 0.25) is 0 Å². The number of benzene rings is 2. The third kappa shape index (κ3) is 7.20. The Morgan fingerprint density at radius 3 is 2.24 bits per heavy atom. The molecule has 0 aliphatic heterocycles. The van der Waals surface area contributed by atoms with E-state index in [-0.39, 0.29) is 0 Å². The second kappa shape index (κ2) is 11.6. The first-order valence-corrected chi connectivity index (χ1v) is 11.0. The molecule has 1 aliphatic rings. The van der Waals surface area contributed by atoms with Crippen molar-refractivity contribution in [2.75, 3.05) is 6.61 Å². The van der Waals surface area contributed by atoms with Gasteiger partial charge in [-0.2, -0.15) is 0 Å². The normalized spacial score (nSPS) is 12.7. The van der Waals surface area contributed by atoms with Crippen molar-refractivity contribution < 1.29 is 4.74 Å². The Hall–Kier alpha value is -2.35. The van der Waals surface area contributed by atoms with Gasteiger partial charge >= 0.3 is 0 Å². The lowest BCUT2D eigenvalue weighted by Crippen LogP contribution is -2.02. The van der Waals surface area contributed by atoms with Gasteiger partial charge in [-0.15, -0.1) is 0 Å². The third-order valence-electron chi connectivity index (χ3n) is 5.03. The fraction of sp³-hybridized carbons (Fsp3) is 0.444. The number of aliphatic imine (C=N–C) groups is 1. The van der Waals surface area contributed by atoms with Crippen LogP contribution in [0, 0.1) is 6.92 Å². The van der Waals surface area contributed by atoms with Gasteiger partial charge in [0.1, 0.15) is 5.75 Å². The zero-order valence-corrected chi connectivity index (χ0v) is 19.1. The van der Waals surface area contributed by atoms with Gasteiger partial charge in [-0.05, 0) is 75.8 Å². The molecule has 0 amide bonds. The summed E-state index contributed by atoms with van der Waals surface area (Å²) in [6, 6.07) is 15.1. The van der Waals surface area contributed by atoms with Crippen molar-refractivity contribution in [2.24, 2.45) is 4.99 Å². The summed E-state index contributed by atoms with van der Waals surface area (Å²) in [4.78, 5) is 4.88. The number of ether oxygens (including phenoxy) is 1. The molecular weight excluding hydrogens is 354 g/mol. The SMILES string of the molecule is CC(=NC(CCOc1ccc2c(c1)CCC2)=C(C)C)c1ccc(C)cc1.CCC. The summed E-state index contributed by atoms with van der Waals surface area (Å²) >= 11 is 0. The molecule has 0 saturated heterocycles. The highest BCUT2D eigenvalue weighted by molar-refractivity contribution is 5.99. The molecule has 156 valence electrons. The minimum absolute atomic E-state index is 0.657. The quantitative estimate of drug-likeness (QED) is 0.468. The lowest BCUT2D eigenvalue weighted by atomic mass is 10.1. The maximum atomic E-state index is 6.01. The van der Waals surface area contributed by atoms with Gasteiger partial charge in [0.15, 0.2) is 0 Å². The van der Waals surface area contributed by atoms with Crippen molar-refractivity contribution in [1.82, 2.24) is 0 Å². The van der Waals surface area contributed by atoms with Crippen LogP contribution in [0.1, 0.15) is 76.1 Å². The van der Waals surface area contributed by atoms with Crippen LogP contribution in [0.4, 0.5) is 0 Å². The van der Waals surface area contributed by atoms with E-state index >= 15 is 0 Å². The summed E-state index contributed by atoms with van der Waals surface area (Å²) in [7, 11) is 0. The summed E-state index contributed by atoms with van der Waals surface area (Å²) in [6.45, 7) is 13.3. The smallest absolute Gasteiger partial charge is 0.119 e. The molecule has 2 aromatic carbocycles. The molecule has 0 N–H and O–H groups in total. The van der Waals surface area contributed by atoms with Crippen LogP contribution >= 0.6 is 0 Å². The second-order valence-electron chi connectivity index (χ2n) is 8.10. The predicted octanol–water partition coefficient (Wildman–Crippen LogP) is 7.47. The minimum atomic E-state index is 0.657. The van der Waals surface area contributed by atoms with Crippen molar-refractivity contribution >= 4 is 5.71 Å². The molecule has 0 atom stereocenters. The van der Waals surface area contributed by atoms with E-state index in [0.29, 0.717) is 6.61 Å². The van der Waals surface area contributed by atoms with Crippen LogP contribution in [0.15, 0.2) is 58.7 Å². The zero-order chi connectivity index (χ0) is 21.2. The van der Waals surface area contributed by atoms with Crippen LogP contribution in [0.5, 0.6) is 5.75 Å². The first-order chi connectivity index (χ1) is 13.9. The third-order valence-corrected chi connectivity index (χ3v) is 5.03. The van der Waals surface area contributed by atoms with Crippen molar-refractivity contribution in [1.29, 1.82) is 0 Å². The van der Waals surface area contributed by atoms with E-state index in [9.17, 15) is 0 Å². The average Bonchev–Trinajstić information content (AvgIpc) is 3.16. The van der Waals surface area contributed by atoms with Crippen LogP contribution in [0.2, 0.25) is 0 Å². The fourth-order valence-corrected chi connectivity index (χ4v) is 3.38. The molecule has 1 aliphatic carbocycles. The molecule has 2 heteroatoms.